The van der Waals surface area contributed by atoms with Gasteiger partial charge in [-0.25, -0.2) is 18.7 Å². The third-order valence-corrected chi connectivity index (χ3v) is 5.99. The Bertz CT molecular complexity index is 1200. The van der Waals surface area contributed by atoms with Crippen LogP contribution in [-0.4, -0.2) is 60.1 Å². The summed E-state index contributed by atoms with van der Waals surface area (Å²) in [6.07, 6.45) is 5.56. The van der Waals surface area contributed by atoms with Gasteiger partial charge in [-0.1, -0.05) is 12.1 Å². The lowest BCUT2D eigenvalue weighted by molar-refractivity contribution is -0.0208. The van der Waals surface area contributed by atoms with Crippen molar-refractivity contribution >= 4 is 29.7 Å². The van der Waals surface area contributed by atoms with Crippen LogP contribution in [0.1, 0.15) is 51.6 Å². The summed E-state index contributed by atoms with van der Waals surface area (Å²) < 4.78 is 29.4. The van der Waals surface area contributed by atoms with E-state index in [1.165, 1.54) is 36.1 Å². The molecule has 0 spiro atoms. The summed E-state index contributed by atoms with van der Waals surface area (Å²) in [6, 6.07) is 6.41. The van der Waals surface area contributed by atoms with Gasteiger partial charge in [0.15, 0.2) is 11.5 Å². The number of aliphatic imine (C=N–C) groups is 1. The van der Waals surface area contributed by atoms with E-state index in [-0.39, 0.29) is 23.9 Å². The molecule has 2 aromatic rings. The normalized spacial score (nSPS) is 19.8. The summed E-state index contributed by atoms with van der Waals surface area (Å²) in [6.45, 7) is -0.559. The van der Waals surface area contributed by atoms with Crippen molar-refractivity contribution < 1.29 is 18.4 Å². The maximum atomic E-state index is 14.7. The van der Waals surface area contributed by atoms with Crippen molar-refractivity contribution in [2.45, 2.75) is 37.1 Å². The molecule has 1 aromatic carbocycles. The Hall–Kier alpha value is -4.09. The number of amides is 2. The predicted molar refractivity (Wildman–Crippen MR) is 132 cm³/mol. The number of rotatable bonds is 8. The fourth-order valence-corrected chi connectivity index (χ4v) is 4.16. The van der Waals surface area contributed by atoms with Crippen molar-refractivity contribution in [3.8, 4) is 0 Å². The summed E-state index contributed by atoms with van der Waals surface area (Å²) in [5.74, 6) is -3.79. The van der Waals surface area contributed by atoms with Gasteiger partial charge < -0.3 is 27.0 Å². The second-order valence-corrected chi connectivity index (χ2v) is 8.93. The van der Waals surface area contributed by atoms with Crippen LogP contribution in [-0.2, 0) is 0 Å². The lowest BCUT2D eigenvalue weighted by Crippen LogP contribution is -2.55. The molecule has 1 aromatic heterocycles. The molecule has 1 saturated heterocycles. The first-order valence-electron chi connectivity index (χ1n) is 11.5. The quantitative estimate of drug-likeness (QED) is 0.406. The van der Waals surface area contributed by atoms with Crippen LogP contribution < -0.4 is 27.0 Å². The molecule has 2 aliphatic rings. The third-order valence-electron chi connectivity index (χ3n) is 5.99. The van der Waals surface area contributed by atoms with E-state index in [4.69, 9.17) is 11.5 Å². The van der Waals surface area contributed by atoms with Crippen LogP contribution in [0.3, 0.4) is 0 Å². The number of nitrogens with one attached hydrogen (secondary N) is 2. The zero-order valence-corrected chi connectivity index (χ0v) is 19.7. The Morgan fingerprint density at radius 1 is 1.25 bits per heavy atom. The van der Waals surface area contributed by atoms with E-state index in [0.717, 1.165) is 12.8 Å². The van der Waals surface area contributed by atoms with Crippen molar-refractivity contribution in [2.75, 3.05) is 30.4 Å². The Morgan fingerprint density at radius 2 is 1.97 bits per heavy atom. The number of anilines is 2. The zero-order chi connectivity index (χ0) is 25.9. The van der Waals surface area contributed by atoms with E-state index in [1.807, 2.05) is 12.1 Å². The van der Waals surface area contributed by atoms with E-state index in [2.05, 4.69) is 25.6 Å². The summed E-state index contributed by atoms with van der Waals surface area (Å²) in [5.41, 5.74) is 12.7. The Labute approximate surface area is 206 Å². The first-order chi connectivity index (χ1) is 17.2. The molecule has 0 radical (unpaired) electrons. The van der Waals surface area contributed by atoms with Crippen LogP contribution in [0, 0.1) is 0 Å². The molecule has 2 heterocycles. The maximum Gasteiger partial charge on any atom is 0.271 e. The minimum absolute atomic E-state index is 0.0539. The Kier molecular flexibility index (Phi) is 7.13. The number of primary amides is 1. The van der Waals surface area contributed by atoms with Crippen molar-refractivity contribution in [1.29, 1.82) is 0 Å². The molecule has 4 rings (SSSR count). The monoisotopic (exact) mass is 498 g/mol. The van der Waals surface area contributed by atoms with Gasteiger partial charge in [-0.15, -0.1) is 0 Å². The minimum atomic E-state index is -3.10. The number of alkyl halides is 2. The maximum absolute atomic E-state index is 14.7. The van der Waals surface area contributed by atoms with Crippen LogP contribution in [0.4, 0.5) is 20.4 Å². The highest BCUT2D eigenvalue weighted by Crippen LogP contribution is 2.40. The molecule has 36 heavy (non-hydrogen) atoms. The molecule has 0 bridgehead atoms. The average molecular weight is 499 g/mol. The molecule has 1 atom stereocenters. The van der Waals surface area contributed by atoms with Crippen molar-refractivity contribution in [3.63, 3.8) is 0 Å². The molecule has 6 N–H and O–H groups in total. The van der Waals surface area contributed by atoms with Crippen molar-refractivity contribution in [2.24, 2.45) is 16.5 Å². The lowest BCUT2D eigenvalue weighted by Gasteiger charge is -2.38. The Morgan fingerprint density at radius 3 is 2.58 bits per heavy atom. The van der Waals surface area contributed by atoms with Crippen LogP contribution in [0.5, 0.6) is 0 Å². The number of nitrogens with zero attached hydrogens (tertiary/aromatic N) is 4. The van der Waals surface area contributed by atoms with Gasteiger partial charge in [-0.05, 0) is 36.5 Å². The number of piperidine rings is 1. The van der Waals surface area contributed by atoms with Gasteiger partial charge in [0.05, 0.1) is 24.5 Å². The first-order valence-corrected chi connectivity index (χ1v) is 11.5. The number of carbonyl (C=O) groups is 2. The molecule has 12 heteroatoms. The number of halogens is 2. The fraction of sp³-hybridized carbons (Fsp3) is 0.375. The molecular formula is C24H28F2N8O2. The SMILES string of the molecule is CN=CC(=CN)Nc1nc(N2C[C@H](NC(=O)c3ccc(C4CC4)cc3)CC(F)(F)C2)cnc1C(N)=O. The highest BCUT2D eigenvalue weighted by Gasteiger charge is 2.41. The summed E-state index contributed by atoms with van der Waals surface area (Å²) in [4.78, 5) is 38.1. The van der Waals surface area contributed by atoms with Crippen LogP contribution in [0.15, 0.2) is 47.4 Å². The van der Waals surface area contributed by atoms with Gasteiger partial charge in [-0.3, -0.25) is 14.6 Å². The van der Waals surface area contributed by atoms with E-state index >= 15 is 0 Å². The predicted octanol–water partition coefficient (Wildman–Crippen LogP) is 2.01. The average Bonchev–Trinajstić information content (AvgIpc) is 3.68. The smallest absolute Gasteiger partial charge is 0.271 e. The van der Waals surface area contributed by atoms with E-state index in [1.54, 1.807) is 12.1 Å². The minimum Gasteiger partial charge on any atom is -0.403 e. The molecule has 1 saturated carbocycles. The van der Waals surface area contributed by atoms with E-state index < -0.39 is 36.7 Å². The number of aromatic nitrogens is 2. The molecule has 190 valence electrons. The van der Waals surface area contributed by atoms with Crippen molar-refractivity contribution in [3.05, 3.63) is 59.2 Å². The number of benzene rings is 1. The summed E-state index contributed by atoms with van der Waals surface area (Å²) >= 11 is 0. The molecule has 2 amide bonds. The number of hydrogen-bond donors (Lipinski definition) is 4. The van der Waals surface area contributed by atoms with Gasteiger partial charge in [0, 0.05) is 38.0 Å². The Balaban J connectivity index is 1.53. The van der Waals surface area contributed by atoms with Gasteiger partial charge >= 0.3 is 0 Å². The van der Waals surface area contributed by atoms with Crippen LogP contribution in [0.25, 0.3) is 0 Å². The van der Waals surface area contributed by atoms with E-state index in [0.29, 0.717) is 17.2 Å². The zero-order valence-electron chi connectivity index (χ0n) is 19.7. The molecule has 1 aliphatic heterocycles. The first kappa shape index (κ1) is 25.0. The van der Waals surface area contributed by atoms with Crippen molar-refractivity contribution in [1.82, 2.24) is 15.3 Å². The van der Waals surface area contributed by atoms with Gasteiger partial charge in [0.1, 0.15) is 5.82 Å². The second kappa shape index (κ2) is 10.3. The highest BCUT2D eigenvalue weighted by molar-refractivity contribution is 5.97. The van der Waals surface area contributed by atoms with Crippen LogP contribution >= 0.6 is 0 Å². The number of allylic oxidation sites excluding steroid dienone is 1. The number of nitrogens with two attached hydrogens (primary N) is 2. The number of hydrogen-bond acceptors (Lipinski definition) is 8. The molecule has 1 aliphatic carbocycles. The van der Waals surface area contributed by atoms with E-state index in [9.17, 15) is 18.4 Å². The molecule has 0 unspecified atom stereocenters. The summed E-state index contributed by atoms with van der Waals surface area (Å²) in [5, 5.41) is 5.51. The second-order valence-electron chi connectivity index (χ2n) is 8.93. The third kappa shape index (κ3) is 5.93. The summed E-state index contributed by atoms with van der Waals surface area (Å²) in [7, 11) is 1.52. The molecule has 10 nitrogen and oxygen atoms in total. The van der Waals surface area contributed by atoms with Gasteiger partial charge in [0.2, 0.25) is 0 Å². The molecule has 2 fully saturated rings. The lowest BCUT2D eigenvalue weighted by atomic mass is 10.0. The fourth-order valence-electron chi connectivity index (χ4n) is 4.16. The topological polar surface area (TPSA) is 152 Å². The number of carbonyl (C=O) groups excluding carboxylic acids is 2. The van der Waals surface area contributed by atoms with Gasteiger partial charge in [0.25, 0.3) is 17.7 Å². The van der Waals surface area contributed by atoms with Crippen LogP contribution in [0.2, 0.25) is 0 Å². The molecular weight excluding hydrogens is 470 g/mol. The van der Waals surface area contributed by atoms with Gasteiger partial charge in [-0.2, -0.15) is 0 Å². The highest BCUT2D eigenvalue weighted by atomic mass is 19.3. The standard InChI is InChI=1S/C24H28F2N8O2/c1-29-10-18(9-27)31-22-20(21(28)35)30-11-19(33-22)34-12-17(8-24(25,26)13-34)32-23(36)16-6-4-15(5-7-16)14-2-3-14/h4-7,9-11,14,17H,2-3,8,12-13,27H2,1H3,(H2,28,35)(H,31,33)(H,32,36)/t17-/m1/s1. The largest absolute Gasteiger partial charge is 0.403 e.